The first-order chi connectivity index (χ1) is 16.6. The van der Waals surface area contributed by atoms with Crippen molar-refractivity contribution in [1.82, 2.24) is 0 Å². The van der Waals surface area contributed by atoms with E-state index >= 15 is 0 Å². The van der Waals surface area contributed by atoms with Gasteiger partial charge in [0.25, 0.3) is 15.9 Å². The van der Waals surface area contributed by atoms with Gasteiger partial charge in [0.2, 0.25) is 0 Å². The quantitative estimate of drug-likeness (QED) is 0.523. The van der Waals surface area contributed by atoms with Crippen LogP contribution >= 0.6 is 0 Å². The fraction of sp³-hybridized carbons (Fsp3) is 0.296. The van der Waals surface area contributed by atoms with Crippen LogP contribution in [0.5, 0.6) is 11.5 Å². The predicted octanol–water partition coefficient (Wildman–Crippen LogP) is 4.98. The Hall–Kier alpha value is -3.52. The third-order valence-corrected chi connectivity index (χ3v) is 7.54. The number of sulfonamides is 1. The molecule has 35 heavy (non-hydrogen) atoms. The summed E-state index contributed by atoms with van der Waals surface area (Å²) >= 11 is 0. The number of carbonyl (C=O) groups excluding carboxylic acids is 1. The molecular formula is C27H30N2O5S. The fourth-order valence-corrected chi connectivity index (χ4v) is 5.31. The summed E-state index contributed by atoms with van der Waals surface area (Å²) in [6.45, 7) is 8.46. The molecule has 0 unspecified atom stereocenters. The molecule has 0 aliphatic carbocycles. The molecule has 1 amide bonds. The Labute approximate surface area is 206 Å². The Morgan fingerprint density at radius 2 is 1.74 bits per heavy atom. The normalized spacial score (nSPS) is 15.7. The van der Waals surface area contributed by atoms with E-state index in [1.165, 1.54) is 4.31 Å². The van der Waals surface area contributed by atoms with Crippen LogP contribution in [0.15, 0.2) is 77.7 Å². The van der Waals surface area contributed by atoms with Gasteiger partial charge in [0.15, 0.2) is 6.10 Å². The molecular weight excluding hydrogens is 464 g/mol. The van der Waals surface area contributed by atoms with Gasteiger partial charge in [-0.25, -0.2) is 8.42 Å². The van der Waals surface area contributed by atoms with Crippen molar-refractivity contribution in [2.75, 3.05) is 22.8 Å². The number of hydrogen-bond acceptors (Lipinski definition) is 5. The summed E-state index contributed by atoms with van der Waals surface area (Å²) in [6, 6.07) is 20.7. The third-order valence-electron chi connectivity index (χ3n) is 5.75. The van der Waals surface area contributed by atoms with Gasteiger partial charge in [0.1, 0.15) is 11.5 Å². The molecule has 3 aromatic rings. The van der Waals surface area contributed by atoms with E-state index in [-0.39, 0.29) is 16.9 Å². The summed E-state index contributed by atoms with van der Waals surface area (Å²) in [4.78, 5) is 13.3. The van der Waals surface area contributed by atoms with Crippen molar-refractivity contribution >= 4 is 27.3 Å². The number of hydrogen-bond donors (Lipinski definition) is 1. The van der Waals surface area contributed by atoms with Crippen molar-refractivity contribution in [2.45, 2.75) is 44.1 Å². The van der Waals surface area contributed by atoms with Crippen LogP contribution < -0.4 is 19.1 Å². The Bertz CT molecular complexity index is 1300. The van der Waals surface area contributed by atoms with Gasteiger partial charge in [-0.05, 0) is 66.4 Å². The highest BCUT2D eigenvalue weighted by Crippen LogP contribution is 2.40. The van der Waals surface area contributed by atoms with E-state index in [9.17, 15) is 13.2 Å². The van der Waals surface area contributed by atoms with Crippen LogP contribution in [0.1, 0.15) is 33.3 Å². The largest absolute Gasteiger partial charge is 0.494 e. The van der Waals surface area contributed by atoms with Crippen molar-refractivity contribution in [2.24, 2.45) is 0 Å². The minimum absolute atomic E-state index is 0.152. The van der Waals surface area contributed by atoms with Gasteiger partial charge in [-0.2, -0.15) is 0 Å². The summed E-state index contributed by atoms with van der Waals surface area (Å²) in [6.07, 6.45) is -1.03. The van der Waals surface area contributed by atoms with E-state index in [2.05, 4.69) is 26.1 Å². The predicted molar refractivity (Wildman–Crippen MR) is 137 cm³/mol. The van der Waals surface area contributed by atoms with Crippen molar-refractivity contribution in [3.63, 3.8) is 0 Å². The molecule has 184 valence electrons. The van der Waals surface area contributed by atoms with Crippen LogP contribution in [0.3, 0.4) is 0 Å². The molecule has 4 rings (SSSR count). The summed E-state index contributed by atoms with van der Waals surface area (Å²) in [7, 11) is -3.93. The Morgan fingerprint density at radius 3 is 2.37 bits per heavy atom. The number of nitrogens with one attached hydrogen (secondary N) is 1. The molecule has 8 heteroatoms. The first-order valence-electron chi connectivity index (χ1n) is 11.5. The number of carbonyl (C=O) groups is 1. The van der Waals surface area contributed by atoms with Crippen molar-refractivity contribution in [3.05, 3.63) is 78.4 Å². The second kappa shape index (κ2) is 9.62. The lowest BCUT2D eigenvalue weighted by Gasteiger charge is -2.36. The molecule has 1 heterocycles. The number of benzene rings is 3. The number of nitrogens with zero attached hydrogens (tertiary/aromatic N) is 1. The highest BCUT2D eigenvalue weighted by atomic mass is 32.2. The molecule has 1 aliphatic heterocycles. The van der Waals surface area contributed by atoms with E-state index in [1.807, 2.05) is 19.1 Å². The minimum Gasteiger partial charge on any atom is -0.494 e. The molecule has 0 fully saturated rings. The summed E-state index contributed by atoms with van der Waals surface area (Å²) in [5.74, 6) is 0.603. The lowest BCUT2D eigenvalue weighted by Crippen LogP contribution is -2.49. The number of amides is 1. The number of fused-ring (bicyclic) bond motifs is 1. The molecule has 1 N–H and O–H groups in total. The molecule has 0 saturated carbocycles. The zero-order valence-corrected chi connectivity index (χ0v) is 21.1. The maximum atomic E-state index is 13.7. The smallest absolute Gasteiger partial charge is 0.267 e. The highest BCUT2D eigenvalue weighted by Gasteiger charge is 2.38. The SMILES string of the molecule is CCOc1ccc(NC(=O)[C@@H]2CN(S(=O)(=O)c3ccccc3)c3cc(C(C)(C)C)ccc3O2)cc1. The molecule has 0 saturated heterocycles. The zero-order chi connectivity index (χ0) is 25.2. The van der Waals surface area contributed by atoms with Gasteiger partial charge < -0.3 is 14.8 Å². The van der Waals surface area contributed by atoms with Gasteiger partial charge in [-0.3, -0.25) is 9.10 Å². The third kappa shape index (κ3) is 5.27. The van der Waals surface area contributed by atoms with Crippen molar-refractivity contribution in [3.8, 4) is 11.5 Å². The maximum Gasteiger partial charge on any atom is 0.267 e. The molecule has 0 bridgehead atoms. The minimum atomic E-state index is -3.93. The highest BCUT2D eigenvalue weighted by molar-refractivity contribution is 7.92. The first kappa shape index (κ1) is 24.6. The van der Waals surface area contributed by atoms with Crippen molar-refractivity contribution in [1.29, 1.82) is 0 Å². The Morgan fingerprint density at radius 1 is 1.06 bits per heavy atom. The van der Waals surface area contributed by atoms with Crippen LogP contribution in [0, 0.1) is 0 Å². The van der Waals surface area contributed by atoms with E-state index in [4.69, 9.17) is 9.47 Å². The van der Waals surface area contributed by atoms with Crippen LogP contribution in [0.2, 0.25) is 0 Å². The van der Waals surface area contributed by atoms with Crippen LogP contribution in [0.4, 0.5) is 11.4 Å². The lowest BCUT2D eigenvalue weighted by atomic mass is 9.86. The second-order valence-corrected chi connectivity index (χ2v) is 11.2. The number of anilines is 2. The van der Waals surface area contributed by atoms with E-state index < -0.39 is 22.0 Å². The van der Waals surface area contributed by atoms with E-state index in [0.717, 1.165) is 5.56 Å². The van der Waals surface area contributed by atoms with Crippen LogP contribution in [0.25, 0.3) is 0 Å². The summed E-state index contributed by atoms with van der Waals surface area (Å²) in [5, 5.41) is 2.82. The van der Waals surface area contributed by atoms with Crippen molar-refractivity contribution < 1.29 is 22.7 Å². The molecule has 0 radical (unpaired) electrons. The average molecular weight is 495 g/mol. The Kier molecular flexibility index (Phi) is 6.76. The zero-order valence-electron chi connectivity index (χ0n) is 20.3. The van der Waals surface area contributed by atoms with Crippen LogP contribution in [-0.2, 0) is 20.2 Å². The van der Waals surface area contributed by atoms with E-state index in [1.54, 1.807) is 60.7 Å². The molecule has 1 aliphatic rings. The number of rotatable bonds is 6. The fourth-order valence-electron chi connectivity index (χ4n) is 3.83. The van der Waals surface area contributed by atoms with Gasteiger partial charge in [-0.15, -0.1) is 0 Å². The lowest BCUT2D eigenvalue weighted by molar-refractivity contribution is -0.122. The molecule has 3 aromatic carbocycles. The topological polar surface area (TPSA) is 84.9 Å². The standard InChI is InChI=1S/C27H30N2O5S/c1-5-33-21-14-12-20(13-15-21)28-26(30)25-18-29(35(31,32)22-9-7-6-8-10-22)23-17-19(27(2,3)4)11-16-24(23)34-25/h6-17,25H,5,18H2,1-4H3,(H,28,30)/t25-/m0/s1. The molecule has 0 aromatic heterocycles. The maximum absolute atomic E-state index is 13.7. The van der Waals surface area contributed by atoms with E-state index in [0.29, 0.717) is 29.5 Å². The second-order valence-electron chi connectivity index (χ2n) is 9.33. The van der Waals surface area contributed by atoms with Gasteiger partial charge in [0.05, 0.1) is 23.7 Å². The Balaban J connectivity index is 1.68. The number of ether oxygens (including phenoxy) is 2. The average Bonchev–Trinajstić information content (AvgIpc) is 2.84. The molecule has 1 atom stereocenters. The van der Waals surface area contributed by atoms with Crippen LogP contribution in [-0.4, -0.2) is 33.6 Å². The van der Waals surface area contributed by atoms with Gasteiger partial charge >= 0.3 is 0 Å². The molecule has 7 nitrogen and oxygen atoms in total. The van der Waals surface area contributed by atoms with Gasteiger partial charge in [-0.1, -0.05) is 45.0 Å². The van der Waals surface area contributed by atoms with Gasteiger partial charge in [0, 0.05) is 5.69 Å². The molecule has 0 spiro atoms. The summed E-state index contributed by atoms with van der Waals surface area (Å²) < 4.78 is 40.1. The monoisotopic (exact) mass is 494 g/mol. The first-order valence-corrected chi connectivity index (χ1v) is 13.0. The summed E-state index contributed by atoms with van der Waals surface area (Å²) in [5.41, 5.74) is 1.75.